The van der Waals surface area contributed by atoms with Crippen molar-refractivity contribution in [3.8, 4) is 0 Å². The summed E-state index contributed by atoms with van der Waals surface area (Å²) in [5.41, 5.74) is 6.52. The third-order valence-corrected chi connectivity index (χ3v) is 7.29. The lowest BCUT2D eigenvalue weighted by atomic mass is 10.1. The summed E-state index contributed by atoms with van der Waals surface area (Å²) in [6.07, 6.45) is 11.2. The highest BCUT2D eigenvalue weighted by atomic mass is 15.3. The Morgan fingerprint density at radius 1 is 0.886 bits per heavy atom. The summed E-state index contributed by atoms with van der Waals surface area (Å²) in [5, 5.41) is 0. The van der Waals surface area contributed by atoms with E-state index in [2.05, 4.69) is 58.2 Å². The molecule has 0 aliphatic carbocycles. The largest absolute Gasteiger partial charge is 0.355 e. The molecule has 0 radical (unpaired) electrons. The van der Waals surface area contributed by atoms with Gasteiger partial charge in [0, 0.05) is 61.6 Å². The van der Waals surface area contributed by atoms with Crippen LogP contribution in [0.5, 0.6) is 0 Å². The van der Waals surface area contributed by atoms with E-state index in [1.54, 1.807) is 0 Å². The average molecular weight is 468 g/mol. The first-order valence-corrected chi connectivity index (χ1v) is 12.8. The summed E-state index contributed by atoms with van der Waals surface area (Å²) in [6.45, 7) is 8.76. The Hall–Kier alpha value is -3.32. The van der Waals surface area contributed by atoms with E-state index in [1.807, 2.05) is 23.7 Å². The smallest absolute Gasteiger partial charge is 0.136 e. The molecule has 0 saturated carbocycles. The molecule has 7 nitrogen and oxygen atoms in total. The standard InChI is InChI=1S/C28H33N7/c1-20-13-21(2)30-23(14-20)17-26-31-24(15-22-5-10-34-12-7-29-27(34)16-22)18-28(32-26)35-11-6-25(19-35)33-8-3-4-9-33/h5,7,10,12-14,16,18,25H,3-4,6,8-9,11,15,17,19H2,1-2H3. The van der Waals surface area contributed by atoms with Crippen molar-refractivity contribution in [2.75, 3.05) is 31.1 Å². The van der Waals surface area contributed by atoms with E-state index in [9.17, 15) is 0 Å². The predicted molar refractivity (Wildman–Crippen MR) is 138 cm³/mol. The van der Waals surface area contributed by atoms with E-state index in [-0.39, 0.29) is 0 Å². The second kappa shape index (κ2) is 9.38. The molecule has 4 aromatic heterocycles. The molecule has 2 aliphatic heterocycles. The molecule has 7 heteroatoms. The lowest BCUT2D eigenvalue weighted by Gasteiger charge is -2.24. The molecule has 2 aliphatic rings. The van der Waals surface area contributed by atoms with E-state index in [1.165, 1.54) is 43.5 Å². The lowest BCUT2D eigenvalue weighted by molar-refractivity contribution is 0.260. The van der Waals surface area contributed by atoms with Crippen LogP contribution in [0.25, 0.3) is 5.65 Å². The number of fused-ring (bicyclic) bond motifs is 1. The molecule has 0 amide bonds. The van der Waals surface area contributed by atoms with Gasteiger partial charge in [0.15, 0.2) is 0 Å². The van der Waals surface area contributed by atoms with Crippen LogP contribution in [0.1, 0.15) is 53.3 Å². The number of nitrogens with zero attached hydrogens (tertiary/aromatic N) is 7. The van der Waals surface area contributed by atoms with Crippen molar-refractivity contribution >= 4 is 11.5 Å². The Morgan fingerprint density at radius 2 is 1.74 bits per heavy atom. The monoisotopic (exact) mass is 467 g/mol. The predicted octanol–water partition coefficient (Wildman–Crippen LogP) is 3.99. The van der Waals surface area contributed by atoms with Gasteiger partial charge in [0.05, 0.1) is 12.1 Å². The Kier molecular flexibility index (Phi) is 5.94. The van der Waals surface area contributed by atoms with E-state index in [4.69, 9.17) is 15.0 Å². The molecule has 0 spiro atoms. The number of aryl methyl sites for hydroxylation is 2. The summed E-state index contributed by atoms with van der Waals surface area (Å²) < 4.78 is 2.04. The van der Waals surface area contributed by atoms with Gasteiger partial charge in [-0.25, -0.2) is 15.0 Å². The highest BCUT2D eigenvalue weighted by Crippen LogP contribution is 2.26. The zero-order chi connectivity index (χ0) is 23.8. The minimum atomic E-state index is 0.642. The Bertz CT molecular complexity index is 1320. The maximum atomic E-state index is 5.05. The van der Waals surface area contributed by atoms with Crippen LogP contribution in [0.3, 0.4) is 0 Å². The van der Waals surface area contributed by atoms with Crippen molar-refractivity contribution in [1.29, 1.82) is 0 Å². The first-order chi connectivity index (χ1) is 17.1. The summed E-state index contributed by atoms with van der Waals surface area (Å²) >= 11 is 0. The number of likely N-dealkylation sites (tertiary alicyclic amines) is 1. The summed E-state index contributed by atoms with van der Waals surface area (Å²) in [7, 11) is 0. The molecular formula is C28H33N7. The second-order valence-electron chi connectivity index (χ2n) is 10.1. The number of rotatable bonds is 6. The van der Waals surface area contributed by atoms with Gasteiger partial charge >= 0.3 is 0 Å². The number of aromatic nitrogens is 5. The Morgan fingerprint density at radius 3 is 2.60 bits per heavy atom. The summed E-state index contributed by atoms with van der Waals surface area (Å²) in [4.78, 5) is 24.4. The van der Waals surface area contributed by atoms with Crippen LogP contribution in [0.4, 0.5) is 5.82 Å². The summed E-state index contributed by atoms with van der Waals surface area (Å²) in [6, 6.07) is 11.4. The number of imidazole rings is 1. The van der Waals surface area contributed by atoms with E-state index in [0.29, 0.717) is 12.5 Å². The fraction of sp³-hybridized carbons (Fsp3) is 0.429. The number of pyridine rings is 2. The first-order valence-electron chi connectivity index (χ1n) is 12.8. The molecule has 4 aromatic rings. The van der Waals surface area contributed by atoms with Gasteiger partial charge in [-0.15, -0.1) is 0 Å². The maximum absolute atomic E-state index is 5.05. The molecule has 1 atom stereocenters. The third kappa shape index (κ3) is 4.91. The zero-order valence-electron chi connectivity index (χ0n) is 20.7. The van der Waals surface area contributed by atoms with Gasteiger partial charge < -0.3 is 9.30 Å². The quantitative estimate of drug-likeness (QED) is 0.427. The molecule has 1 unspecified atom stereocenters. The molecule has 2 saturated heterocycles. The van der Waals surface area contributed by atoms with Gasteiger partial charge in [-0.1, -0.05) is 0 Å². The van der Waals surface area contributed by atoms with Crippen LogP contribution in [0, 0.1) is 13.8 Å². The molecule has 0 aromatic carbocycles. The van der Waals surface area contributed by atoms with E-state index < -0.39 is 0 Å². The van der Waals surface area contributed by atoms with Crippen molar-refractivity contribution in [3.05, 3.63) is 83.0 Å². The molecule has 0 N–H and O–H groups in total. The Labute approximate surface area is 206 Å². The number of hydrogen-bond acceptors (Lipinski definition) is 6. The zero-order valence-corrected chi connectivity index (χ0v) is 20.7. The molecule has 180 valence electrons. The first kappa shape index (κ1) is 22.2. The SMILES string of the molecule is Cc1cc(C)nc(Cc2nc(Cc3ccn4ccnc4c3)cc(N3CCC(N4CCCC4)C3)n2)c1. The van der Waals surface area contributed by atoms with Gasteiger partial charge in [-0.05, 0) is 81.6 Å². The van der Waals surface area contributed by atoms with Crippen LogP contribution in [0.15, 0.2) is 48.9 Å². The van der Waals surface area contributed by atoms with Crippen molar-refractivity contribution in [2.45, 2.75) is 52.0 Å². The fourth-order valence-electron chi connectivity index (χ4n) is 5.67. The third-order valence-electron chi connectivity index (χ3n) is 7.29. The normalized spacial score (nSPS) is 18.7. The Balaban J connectivity index is 1.30. The van der Waals surface area contributed by atoms with Crippen LogP contribution >= 0.6 is 0 Å². The number of hydrogen-bond donors (Lipinski definition) is 0. The molecular weight excluding hydrogens is 434 g/mol. The topological polar surface area (TPSA) is 62.5 Å². The van der Waals surface area contributed by atoms with Gasteiger partial charge in [0.1, 0.15) is 17.3 Å². The van der Waals surface area contributed by atoms with Gasteiger partial charge in [-0.3, -0.25) is 9.88 Å². The van der Waals surface area contributed by atoms with E-state index >= 15 is 0 Å². The number of anilines is 1. The minimum absolute atomic E-state index is 0.642. The van der Waals surface area contributed by atoms with Crippen molar-refractivity contribution in [1.82, 2.24) is 29.2 Å². The summed E-state index contributed by atoms with van der Waals surface area (Å²) in [5.74, 6) is 1.90. The fourth-order valence-corrected chi connectivity index (χ4v) is 5.67. The average Bonchev–Trinajstić information content (AvgIpc) is 3.59. The van der Waals surface area contributed by atoms with Crippen LogP contribution in [0.2, 0.25) is 0 Å². The van der Waals surface area contributed by atoms with Gasteiger partial charge in [0.2, 0.25) is 0 Å². The lowest BCUT2D eigenvalue weighted by Crippen LogP contribution is -2.35. The van der Waals surface area contributed by atoms with Crippen LogP contribution < -0.4 is 4.90 Å². The minimum Gasteiger partial charge on any atom is -0.355 e. The van der Waals surface area contributed by atoms with Crippen molar-refractivity contribution in [2.24, 2.45) is 0 Å². The van der Waals surface area contributed by atoms with Crippen molar-refractivity contribution in [3.63, 3.8) is 0 Å². The van der Waals surface area contributed by atoms with Crippen molar-refractivity contribution < 1.29 is 0 Å². The van der Waals surface area contributed by atoms with Crippen LogP contribution in [-0.4, -0.2) is 61.5 Å². The molecule has 2 fully saturated rings. The molecule has 35 heavy (non-hydrogen) atoms. The van der Waals surface area contributed by atoms with Gasteiger partial charge in [-0.2, -0.15) is 0 Å². The maximum Gasteiger partial charge on any atom is 0.136 e. The second-order valence-corrected chi connectivity index (χ2v) is 10.1. The molecule has 6 heterocycles. The highest BCUT2D eigenvalue weighted by molar-refractivity contribution is 5.45. The molecule has 0 bridgehead atoms. The van der Waals surface area contributed by atoms with Crippen LogP contribution in [-0.2, 0) is 12.8 Å². The highest BCUT2D eigenvalue weighted by Gasteiger charge is 2.30. The molecule has 6 rings (SSSR count). The van der Waals surface area contributed by atoms with Gasteiger partial charge in [0.25, 0.3) is 0 Å². The van der Waals surface area contributed by atoms with E-state index in [0.717, 1.165) is 53.9 Å².